The van der Waals surface area contributed by atoms with Crippen LogP contribution < -0.4 is 5.32 Å². The number of carbonyl (C=O) groups excluding carboxylic acids is 1. The smallest absolute Gasteiger partial charge is 0.287 e. The van der Waals surface area contributed by atoms with Gasteiger partial charge in [0.25, 0.3) is 5.91 Å². The van der Waals surface area contributed by atoms with E-state index < -0.39 is 0 Å². The molecule has 2 fully saturated rings. The van der Waals surface area contributed by atoms with E-state index in [-0.39, 0.29) is 5.91 Å². The van der Waals surface area contributed by atoms with E-state index in [1.807, 2.05) is 30.0 Å². The molecule has 24 heavy (non-hydrogen) atoms. The quantitative estimate of drug-likeness (QED) is 0.790. The molecule has 0 radical (unpaired) electrons. The van der Waals surface area contributed by atoms with Gasteiger partial charge in [-0.25, -0.2) is 0 Å². The van der Waals surface area contributed by atoms with Crippen molar-refractivity contribution in [2.45, 2.75) is 55.9 Å². The minimum Gasteiger partial charge on any atom is -0.451 e. The zero-order chi connectivity index (χ0) is 16.4. The summed E-state index contributed by atoms with van der Waals surface area (Å²) in [5.41, 5.74) is 1.91. The monoisotopic (exact) mass is 343 g/mol. The van der Waals surface area contributed by atoms with E-state index in [4.69, 9.17) is 4.42 Å². The lowest BCUT2D eigenvalue weighted by Crippen LogP contribution is -2.26. The van der Waals surface area contributed by atoms with Crippen LogP contribution in [0.15, 0.2) is 28.7 Å². The van der Waals surface area contributed by atoms with Crippen molar-refractivity contribution < 1.29 is 9.21 Å². The van der Waals surface area contributed by atoms with Crippen molar-refractivity contribution in [3.63, 3.8) is 0 Å². The van der Waals surface area contributed by atoms with Crippen LogP contribution in [0.1, 0.15) is 61.1 Å². The fraction of sp³-hybridized carbons (Fsp3) is 0.550. The molecule has 0 spiro atoms. The number of benzene rings is 1. The second-order valence-electron chi connectivity index (χ2n) is 7.13. The van der Waals surface area contributed by atoms with Crippen molar-refractivity contribution in [3.8, 4) is 0 Å². The maximum absolute atomic E-state index is 12.6. The molecule has 2 aliphatic rings. The summed E-state index contributed by atoms with van der Waals surface area (Å²) in [6, 6.07) is 8.03. The lowest BCUT2D eigenvalue weighted by molar-refractivity contribution is 0.0925. The Morgan fingerprint density at radius 1 is 1.12 bits per heavy atom. The number of carbonyl (C=O) groups is 1. The molecule has 1 amide bonds. The zero-order valence-electron chi connectivity index (χ0n) is 14.1. The van der Waals surface area contributed by atoms with Gasteiger partial charge in [-0.15, -0.1) is 0 Å². The number of amides is 1. The fourth-order valence-corrected chi connectivity index (χ4v) is 4.85. The lowest BCUT2D eigenvalue weighted by Gasteiger charge is -2.20. The van der Waals surface area contributed by atoms with E-state index in [0.717, 1.165) is 34.1 Å². The van der Waals surface area contributed by atoms with Crippen molar-refractivity contribution >= 4 is 28.6 Å². The van der Waals surface area contributed by atoms with Gasteiger partial charge in [0.05, 0.1) is 0 Å². The zero-order valence-corrected chi connectivity index (χ0v) is 14.9. The average molecular weight is 343 g/mol. The van der Waals surface area contributed by atoms with Gasteiger partial charge in [0, 0.05) is 28.5 Å². The first-order chi connectivity index (χ1) is 11.8. The number of rotatable bonds is 6. The number of fused-ring (bicyclic) bond motifs is 1. The standard InChI is InChI=1S/C20H25NO2S/c22-20(21-12-14-10-11-14)19-17(13-24-15-6-2-1-3-7-15)16-8-4-5-9-18(16)23-19/h4-5,8-9,14-15H,1-3,6-7,10-13H2,(H,21,22). The Balaban J connectivity index is 1.53. The summed E-state index contributed by atoms with van der Waals surface area (Å²) < 4.78 is 5.93. The number of para-hydroxylation sites is 1. The van der Waals surface area contributed by atoms with Gasteiger partial charge in [-0.05, 0) is 37.7 Å². The van der Waals surface area contributed by atoms with Crippen LogP contribution in [0.2, 0.25) is 0 Å². The normalized spacial score (nSPS) is 18.8. The molecule has 2 saturated carbocycles. The molecule has 0 atom stereocenters. The maximum atomic E-state index is 12.6. The molecule has 0 saturated heterocycles. The molecular weight excluding hydrogens is 318 g/mol. The van der Waals surface area contributed by atoms with Gasteiger partial charge in [-0.2, -0.15) is 11.8 Å². The molecule has 0 bridgehead atoms. The third-order valence-corrected chi connectivity index (χ3v) is 6.57. The third kappa shape index (κ3) is 3.64. The van der Waals surface area contributed by atoms with Crippen LogP contribution >= 0.6 is 11.8 Å². The number of furan rings is 1. The summed E-state index contributed by atoms with van der Waals surface area (Å²) in [6.45, 7) is 0.783. The van der Waals surface area contributed by atoms with Crippen LogP contribution in [0.3, 0.4) is 0 Å². The molecule has 2 aliphatic carbocycles. The van der Waals surface area contributed by atoms with Crippen molar-refractivity contribution in [2.75, 3.05) is 6.54 Å². The summed E-state index contributed by atoms with van der Waals surface area (Å²) in [5.74, 6) is 2.03. The van der Waals surface area contributed by atoms with Crippen LogP contribution in [-0.2, 0) is 5.75 Å². The van der Waals surface area contributed by atoms with E-state index in [0.29, 0.717) is 11.7 Å². The van der Waals surface area contributed by atoms with Crippen molar-refractivity contribution in [1.29, 1.82) is 0 Å². The summed E-state index contributed by atoms with van der Waals surface area (Å²) in [7, 11) is 0. The molecule has 4 rings (SSSR count). The van der Waals surface area contributed by atoms with Crippen LogP contribution in [0.5, 0.6) is 0 Å². The molecule has 2 aromatic rings. The van der Waals surface area contributed by atoms with E-state index in [9.17, 15) is 4.79 Å². The highest BCUT2D eigenvalue weighted by atomic mass is 32.2. The number of nitrogens with one attached hydrogen (secondary N) is 1. The van der Waals surface area contributed by atoms with Crippen molar-refractivity contribution in [2.24, 2.45) is 5.92 Å². The van der Waals surface area contributed by atoms with Crippen LogP contribution in [-0.4, -0.2) is 17.7 Å². The van der Waals surface area contributed by atoms with Gasteiger partial charge in [0.2, 0.25) is 0 Å². The first kappa shape index (κ1) is 16.1. The van der Waals surface area contributed by atoms with Crippen molar-refractivity contribution in [3.05, 3.63) is 35.6 Å². The highest BCUT2D eigenvalue weighted by Crippen LogP contribution is 2.35. The van der Waals surface area contributed by atoms with Crippen LogP contribution in [0.4, 0.5) is 0 Å². The molecule has 1 aromatic heterocycles. The number of hydrogen-bond donors (Lipinski definition) is 1. The molecule has 128 valence electrons. The predicted molar refractivity (Wildman–Crippen MR) is 99.4 cm³/mol. The van der Waals surface area contributed by atoms with Gasteiger partial charge in [0.1, 0.15) is 5.58 Å². The molecule has 4 heteroatoms. The topological polar surface area (TPSA) is 42.2 Å². The van der Waals surface area contributed by atoms with E-state index >= 15 is 0 Å². The number of hydrogen-bond acceptors (Lipinski definition) is 3. The van der Waals surface area contributed by atoms with Gasteiger partial charge in [0.15, 0.2) is 5.76 Å². The van der Waals surface area contributed by atoms with Gasteiger partial charge >= 0.3 is 0 Å². The second kappa shape index (κ2) is 7.22. The number of thioether (sulfide) groups is 1. The van der Waals surface area contributed by atoms with Crippen LogP contribution in [0, 0.1) is 5.92 Å². The summed E-state index contributed by atoms with van der Waals surface area (Å²) >= 11 is 2.00. The first-order valence-corrected chi connectivity index (χ1v) is 10.3. The molecule has 3 nitrogen and oxygen atoms in total. The summed E-state index contributed by atoms with van der Waals surface area (Å²) in [4.78, 5) is 12.6. The largest absolute Gasteiger partial charge is 0.451 e. The SMILES string of the molecule is O=C(NCC1CC1)c1oc2ccccc2c1CSC1CCCCC1. The van der Waals surface area contributed by atoms with Crippen molar-refractivity contribution in [1.82, 2.24) is 5.32 Å². The minimum absolute atomic E-state index is 0.0441. The first-order valence-electron chi connectivity index (χ1n) is 9.21. The van der Waals surface area contributed by atoms with E-state index in [2.05, 4.69) is 11.4 Å². The minimum atomic E-state index is -0.0441. The van der Waals surface area contributed by atoms with Crippen LogP contribution in [0.25, 0.3) is 11.0 Å². The molecule has 1 N–H and O–H groups in total. The van der Waals surface area contributed by atoms with E-state index in [1.54, 1.807) is 0 Å². The Labute approximate surface area is 147 Å². The van der Waals surface area contributed by atoms with Gasteiger partial charge < -0.3 is 9.73 Å². The molecule has 1 aromatic carbocycles. The second-order valence-corrected chi connectivity index (χ2v) is 8.42. The fourth-order valence-electron chi connectivity index (χ4n) is 3.50. The molecule has 0 aliphatic heterocycles. The summed E-state index contributed by atoms with van der Waals surface area (Å²) in [5, 5.41) is 4.88. The highest BCUT2D eigenvalue weighted by molar-refractivity contribution is 7.99. The van der Waals surface area contributed by atoms with E-state index in [1.165, 1.54) is 44.9 Å². The summed E-state index contributed by atoms with van der Waals surface area (Å²) in [6.07, 6.45) is 9.17. The van der Waals surface area contributed by atoms with Gasteiger partial charge in [-0.3, -0.25) is 4.79 Å². The Kier molecular flexibility index (Phi) is 4.83. The Morgan fingerprint density at radius 2 is 1.92 bits per heavy atom. The Hall–Kier alpha value is -1.42. The predicted octanol–water partition coefficient (Wildman–Crippen LogP) is 5.14. The third-order valence-electron chi connectivity index (χ3n) is 5.17. The molecule has 1 heterocycles. The Morgan fingerprint density at radius 3 is 2.71 bits per heavy atom. The molecule has 0 unspecified atom stereocenters. The average Bonchev–Trinajstić information content (AvgIpc) is 3.38. The highest BCUT2D eigenvalue weighted by Gasteiger charge is 2.25. The maximum Gasteiger partial charge on any atom is 0.287 e. The van der Waals surface area contributed by atoms with Gasteiger partial charge in [-0.1, -0.05) is 37.5 Å². The molecular formula is C20H25NO2S. The lowest BCUT2D eigenvalue weighted by atomic mass is 10.0. The Bertz CT molecular complexity index is 713.